The lowest BCUT2D eigenvalue weighted by Gasteiger charge is -2.09. The normalized spacial score (nSPS) is 11.2. The second-order valence-corrected chi connectivity index (χ2v) is 2.48. The maximum Gasteiger partial charge on any atom is 0.236 e. The first-order valence-corrected chi connectivity index (χ1v) is 4.07. The van der Waals surface area contributed by atoms with E-state index in [9.17, 15) is 4.79 Å². The monoisotopic (exact) mass is 168 g/mol. The highest BCUT2D eigenvalue weighted by Gasteiger charge is 2.07. The highest BCUT2D eigenvalue weighted by molar-refractivity contribution is 5.81. The summed E-state index contributed by atoms with van der Waals surface area (Å²) in [5.41, 5.74) is 0. The number of hydrogen-bond acceptors (Lipinski definition) is 2. The van der Waals surface area contributed by atoms with Gasteiger partial charge in [0.2, 0.25) is 5.91 Å². The standard InChI is InChI=1S/C9H16N2O/c1-4-5-6-7-11-9(12)8(2)10-3/h8,10H,6-7H2,1-3H3,(H,11,12). The van der Waals surface area contributed by atoms with Crippen LogP contribution in [-0.2, 0) is 4.79 Å². The molecule has 0 heterocycles. The van der Waals surface area contributed by atoms with Crippen molar-refractivity contribution in [2.45, 2.75) is 26.3 Å². The van der Waals surface area contributed by atoms with Crippen LogP contribution in [-0.4, -0.2) is 25.5 Å². The Morgan fingerprint density at radius 3 is 2.75 bits per heavy atom. The Morgan fingerprint density at radius 1 is 1.58 bits per heavy atom. The van der Waals surface area contributed by atoms with E-state index >= 15 is 0 Å². The van der Waals surface area contributed by atoms with Crippen molar-refractivity contribution in [2.75, 3.05) is 13.6 Å². The third-order valence-corrected chi connectivity index (χ3v) is 1.55. The van der Waals surface area contributed by atoms with Crippen molar-refractivity contribution in [2.24, 2.45) is 0 Å². The molecule has 1 atom stereocenters. The van der Waals surface area contributed by atoms with Crippen molar-refractivity contribution < 1.29 is 4.79 Å². The summed E-state index contributed by atoms with van der Waals surface area (Å²) in [6.07, 6.45) is 0.721. The molecule has 12 heavy (non-hydrogen) atoms. The summed E-state index contributed by atoms with van der Waals surface area (Å²) in [5.74, 6) is 5.67. The molecule has 0 aromatic heterocycles. The third-order valence-electron chi connectivity index (χ3n) is 1.55. The Morgan fingerprint density at radius 2 is 2.25 bits per heavy atom. The van der Waals surface area contributed by atoms with Gasteiger partial charge in [0, 0.05) is 13.0 Å². The minimum absolute atomic E-state index is 0.0235. The summed E-state index contributed by atoms with van der Waals surface area (Å²) in [6.45, 7) is 4.24. The molecule has 3 heteroatoms. The van der Waals surface area contributed by atoms with Gasteiger partial charge in [0.15, 0.2) is 0 Å². The molecule has 2 N–H and O–H groups in total. The van der Waals surface area contributed by atoms with E-state index in [0.29, 0.717) is 6.54 Å². The number of amides is 1. The fourth-order valence-corrected chi connectivity index (χ4v) is 0.657. The summed E-state index contributed by atoms with van der Waals surface area (Å²) < 4.78 is 0. The molecule has 1 amide bonds. The molecule has 0 saturated carbocycles. The van der Waals surface area contributed by atoms with E-state index in [1.807, 2.05) is 6.92 Å². The number of rotatable bonds is 4. The summed E-state index contributed by atoms with van der Waals surface area (Å²) >= 11 is 0. The first kappa shape index (κ1) is 11.0. The van der Waals surface area contributed by atoms with Gasteiger partial charge in [-0.2, -0.15) is 0 Å². The van der Waals surface area contributed by atoms with Crippen LogP contribution in [0.4, 0.5) is 0 Å². The van der Waals surface area contributed by atoms with Gasteiger partial charge in [0.1, 0.15) is 0 Å². The lowest BCUT2D eigenvalue weighted by molar-refractivity contribution is -0.122. The van der Waals surface area contributed by atoms with Crippen LogP contribution in [0.15, 0.2) is 0 Å². The lowest BCUT2D eigenvalue weighted by atomic mass is 10.3. The summed E-state index contributed by atoms with van der Waals surface area (Å²) in [4.78, 5) is 11.1. The number of carbonyl (C=O) groups excluding carboxylic acids is 1. The van der Waals surface area contributed by atoms with E-state index in [2.05, 4.69) is 22.5 Å². The SMILES string of the molecule is CC#CCCNC(=O)C(C)NC. The lowest BCUT2D eigenvalue weighted by Crippen LogP contribution is -2.40. The van der Waals surface area contributed by atoms with Crippen LogP contribution in [0, 0.1) is 11.8 Å². The predicted octanol–water partition coefficient (Wildman–Crippen LogP) is 0.124. The average molecular weight is 168 g/mol. The van der Waals surface area contributed by atoms with Crippen molar-refractivity contribution in [1.82, 2.24) is 10.6 Å². The molecule has 0 aromatic carbocycles. The van der Waals surface area contributed by atoms with Crippen molar-refractivity contribution in [3.8, 4) is 11.8 Å². The Hall–Kier alpha value is -1.01. The maximum atomic E-state index is 11.1. The zero-order valence-corrected chi connectivity index (χ0v) is 7.90. The molecule has 0 fully saturated rings. The molecule has 0 rings (SSSR count). The molecule has 0 aliphatic rings. The summed E-state index contributed by atoms with van der Waals surface area (Å²) in [6, 6.07) is -0.125. The van der Waals surface area contributed by atoms with Crippen molar-refractivity contribution in [3.05, 3.63) is 0 Å². The highest BCUT2D eigenvalue weighted by atomic mass is 16.2. The number of nitrogens with one attached hydrogen (secondary N) is 2. The van der Waals surface area contributed by atoms with E-state index < -0.39 is 0 Å². The quantitative estimate of drug-likeness (QED) is 0.462. The minimum Gasteiger partial charge on any atom is -0.354 e. The molecule has 0 aliphatic heterocycles. The van der Waals surface area contributed by atoms with Gasteiger partial charge < -0.3 is 10.6 Å². The Labute approximate surface area is 73.9 Å². The molecule has 1 unspecified atom stereocenters. The van der Waals surface area contributed by atoms with Gasteiger partial charge in [0.05, 0.1) is 6.04 Å². The molecular weight excluding hydrogens is 152 g/mol. The zero-order chi connectivity index (χ0) is 9.40. The second kappa shape index (κ2) is 6.68. The van der Waals surface area contributed by atoms with Crippen LogP contribution < -0.4 is 10.6 Å². The van der Waals surface area contributed by atoms with E-state index in [1.54, 1.807) is 14.0 Å². The van der Waals surface area contributed by atoms with Crippen molar-refractivity contribution >= 4 is 5.91 Å². The number of likely N-dealkylation sites (N-methyl/N-ethyl adjacent to an activating group) is 1. The topological polar surface area (TPSA) is 41.1 Å². The van der Waals surface area contributed by atoms with Gasteiger partial charge in [-0.1, -0.05) is 0 Å². The van der Waals surface area contributed by atoms with Gasteiger partial charge in [0.25, 0.3) is 0 Å². The largest absolute Gasteiger partial charge is 0.354 e. The smallest absolute Gasteiger partial charge is 0.236 e. The van der Waals surface area contributed by atoms with Crippen molar-refractivity contribution in [1.29, 1.82) is 0 Å². The van der Waals surface area contributed by atoms with Crippen molar-refractivity contribution in [3.63, 3.8) is 0 Å². The van der Waals surface area contributed by atoms with E-state index in [-0.39, 0.29) is 11.9 Å². The van der Waals surface area contributed by atoms with Crippen LogP contribution in [0.2, 0.25) is 0 Å². The van der Waals surface area contributed by atoms with Crippen LogP contribution in [0.1, 0.15) is 20.3 Å². The molecule has 0 bridgehead atoms. The predicted molar refractivity (Wildman–Crippen MR) is 49.6 cm³/mol. The molecule has 0 aromatic rings. The van der Waals surface area contributed by atoms with E-state index in [4.69, 9.17) is 0 Å². The van der Waals surface area contributed by atoms with Crippen LogP contribution in [0.3, 0.4) is 0 Å². The Bertz CT molecular complexity index is 190. The van der Waals surface area contributed by atoms with E-state index in [1.165, 1.54) is 0 Å². The Kier molecular flexibility index (Phi) is 6.12. The Balaban J connectivity index is 3.48. The van der Waals surface area contributed by atoms with Gasteiger partial charge >= 0.3 is 0 Å². The molecule has 0 aliphatic carbocycles. The molecule has 68 valence electrons. The fourth-order valence-electron chi connectivity index (χ4n) is 0.657. The van der Waals surface area contributed by atoms with Gasteiger partial charge in [-0.3, -0.25) is 4.79 Å². The van der Waals surface area contributed by atoms with Gasteiger partial charge in [-0.05, 0) is 20.9 Å². The molecule has 0 spiro atoms. The molecule has 0 radical (unpaired) electrons. The molecule has 0 saturated heterocycles. The number of hydrogen-bond donors (Lipinski definition) is 2. The second-order valence-electron chi connectivity index (χ2n) is 2.48. The maximum absolute atomic E-state index is 11.1. The zero-order valence-electron chi connectivity index (χ0n) is 7.90. The first-order valence-electron chi connectivity index (χ1n) is 4.07. The average Bonchev–Trinajstić information content (AvgIpc) is 2.10. The minimum atomic E-state index is -0.125. The van der Waals surface area contributed by atoms with Gasteiger partial charge in [-0.15, -0.1) is 11.8 Å². The first-order chi connectivity index (χ1) is 5.72. The third kappa shape index (κ3) is 4.75. The van der Waals surface area contributed by atoms with Crippen LogP contribution in [0.5, 0.6) is 0 Å². The van der Waals surface area contributed by atoms with Crippen LogP contribution in [0.25, 0.3) is 0 Å². The van der Waals surface area contributed by atoms with Gasteiger partial charge in [-0.25, -0.2) is 0 Å². The molecular formula is C9H16N2O. The molecule has 3 nitrogen and oxygen atoms in total. The van der Waals surface area contributed by atoms with E-state index in [0.717, 1.165) is 6.42 Å². The van der Waals surface area contributed by atoms with Crippen LogP contribution >= 0.6 is 0 Å². The summed E-state index contributed by atoms with van der Waals surface area (Å²) in [7, 11) is 1.76. The highest BCUT2D eigenvalue weighted by Crippen LogP contribution is 1.80. The fraction of sp³-hybridized carbons (Fsp3) is 0.667. The number of carbonyl (C=O) groups is 1. The summed E-state index contributed by atoms with van der Waals surface area (Å²) in [5, 5.41) is 5.62.